The van der Waals surface area contributed by atoms with Crippen LogP contribution in [0.25, 0.3) is 16.6 Å². The smallest absolute Gasteiger partial charge is 0.336 e. The van der Waals surface area contributed by atoms with E-state index in [1.165, 1.54) is 4.57 Å². The van der Waals surface area contributed by atoms with Gasteiger partial charge in [-0.2, -0.15) is 0 Å². The average molecular weight is 372 g/mol. The number of rotatable bonds is 4. The average Bonchev–Trinajstić information content (AvgIpc) is 2.60. The van der Waals surface area contributed by atoms with Crippen LogP contribution in [0.2, 0.25) is 5.02 Å². The zero-order valence-electron chi connectivity index (χ0n) is 14.4. The summed E-state index contributed by atoms with van der Waals surface area (Å²) in [6.45, 7) is 3.48. The summed E-state index contributed by atoms with van der Waals surface area (Å²) in [4.78, 5) is 38.2. The molecule has 0 aliphatic carbocycles. The van der Waals surface area contributed by atoms with E-state index in [0.717, 1.165) is 4.57 Å². The minimum Gasteiger partial charge on any atom is -0.352 e. The molecule has 0 unspecified atom stereocenters. The Labute approximate surface area is 154 Å². The van der Waals surface area contributed by atoms with E-state index in [-0.39, 0.29) is 29.2 Å². The minimum absolute atomic E-state index is 0.0565. The molecule has 2 aromatic carbocycles. The Bertz CT molecular complexity index is 1100. The second-order valence-electron chi connectivity index (χ2n) is 6.20. The van der Waals surface area contributed by atoms with Crippen molar-refractivity contribution < 1.29 is 4.79 Å². The number of halogens is 1. The van der Waals surface area contributed by atoms with Crippen molar-refractivity contribution in [2.45, 2.75) is 26.4 Å². The van der Waals surface area contributed by atoms with Crippen molar-refractivity contribution in [3.63, 3.8) is 0 Å². The third-order valence-corrected chi connectivity index (χ3v) is 4.21. The standard InChI is InChI=1S/C19H18ClN3O3/c1-12(2)21-17(24)11-22-15-9-5-3-7-13(15)18(25)23(19(22)26)16-10-6-4-8-14(16)20/h3-10,12H,11H2,1-2H3,(H,21,24). The molecule has 134 valence electrons. The van der Waals surface area contributed by atoms with Crippen LogP contribution in [0.4, 0.5) is 0 Å². The van der Waals surface area contributed by atoms with Crippen LogP contribution in [0.1, 0.15) is 13.8 Å². The lowest BCUT2D eigenvalue weighted by Gasteiger charge is -2.15. The molecule has 1 amide bonds. The lowest BCUT2D eigenvalue weighted by atomic mass is 10.2. The number of hydrogen-bond acceptors (Lipinski definition) is 3. The molecule has 1 heterocycles. The lowest BCUT2D eigenvalue weighted by molar-refractivity contribution is -0.122. The van der Waals surface area contributed by atoms with Gasteiger partial charge < -0.3 is 5.32 Å². The van der Waals surface area contributed by atoms with E-state index in [1.54, 1.807) is 48.5 Å². The summed E-state index contributed by atoms with van der Waals surface area (Å²) in [5.74, 6) is -0.309. The van der Waals surface area contributed by atoms with Gasteiger partial charge in [0.05, 0.1) is 21.6 Å². The first-order valence-corrected chi connectivity index (χ1v) is 8.57. The summed E-state index contributed by atoms with van der Waals surface area (Å²) in [7, 11) is 0. The number of benzene rings is 2. The predicted molar refractivity (Wildman–Crippen MR) is 102 cm³/mol. The maximum Gasteiger partial charge on any atom is 0.336 e. The second-order valence-corrected chi connectivity index (χ2v) is 6.61. The molecule has 0 aliphatic heterocycles. The fraction of sp³-hybridized carbons (Fsp3) is 0.211. The molecule has 0 spiro atoms. The molecule has 7 heteroatoms. The molecule has 26 heavy (non-hydrogen) atoms. The van der Waals surface area contributed by atoms with Crippen molar-refractivity contribution in [2.75, 3.05) is 0 Å². The Balaban J connectivity index is 2.31. The Morgan fingerprint density at radius 2 is 1.73 bits per heavy atom. The van der Waals surface area contributed by atoms with E-state index < -0.39 is 11.2 Å². The van der Waals surface area contributed by atoms with Gasteiger partial charge in [-0.05, 0) is 38.1 Å². The molecule has 0 atom stereocenters. The topological polar surface area (TPSA) is 73.1 Å². The van der Waals surface area contributed by atoms with E-state index in [4.69, 9.17) is 11.6 Å². The van der Waals surface area contributed by atoms with Gasteiger partial charge in [-0.25, -0.2) is 9.36 Å². The largest absolute Gasteiger partial charge is 0.352 e. The van der Waals surface area contributed by atoms with Crippen LogP contribution >= 0.6 is 11.6 Å². The highest BCUT2D eigenvalue weighted by Crippen LogP contribution is 2.18. The van der Waals surface area contributed by atoms with Crippen molar-refractivity contribution in [1.29, 1.82) is 0 Å². The quantitative estimate of drug-likeness (QED) is 0.765. The van der Waals surface area contributed by atoms with Gasteiger partial charge in [0.15, 0.2) is 0 Å². The Morgan fingerprint density at radius 3 is 2.42 bits per heavy atom. The predicted octanol–water partition coefficient (Wildman–Crippen LogP) is 2.33. The zero-order chi connectivity index (χ0) is 18.8. The molecule has 0 saturated carbocycles. The number of amides is 1. The molecule has 0 fully saturated rings. The number of aromatic nitrogens is 2. The van der Waals surface area contributed by atoms with E-state index >= 15 is 0 Å². The maximum absolute atomic E-state index is 13.1. The summed E-state index contributed by atoms with van der Waals surface area (Å²) < 4.78 is 2.30. The van der Waals surface area contributed by atoms with Crippen molar-refractivity contribution >= 4 is 28.4 Å². The third-order valence-electron chi connectivity index (χ3n) is 3.90. The van der Waals surface area contributed by atoms with Gasteiger partial charge in [0.25, 0.3) is 5.56 Å². The van der Waals surface area contributed by atoms with Crippen LogP contribution in [0.3, 0.4) is 0 Å². The van der Waals surface area contributed by atoms with Gasteiger partial charge in [-0.15, -0.1) is 0 Å². The molecule has 0 bridgehead atoms. The van der Waals surface area contributed by atoms with Gasteiger partial charge in [0.1, 0.15) is 6.54 Å². The number of carbonyl (C=O) groups is 1. The summed E-state index contributed by atoms with van der Waals surface area (Å²) in [5.41, 5.74) is -0.391. The molecule has 3 rings (SSSR count). The van der Waals surface area contributed by atoms with Gasteiger partial charge in [-0.1, -0.05) is 35.9 Å². The molecule has 3 aromatic rings. The third kappa shape index (κ3) is 3.28. The summed E-state index contributed by atoms with van der Waals surface area (Å²) >= 11 is 6.19. The highest BCUT2D eigenvalue weighted by atomic mass is 35.5. The van der Waals surface area contributed by atoms with Crippen molar-refractivity contribution in [2.24, 2.45) is 0 Å². The monoisotopic (exact) mass is 371 g/mol. The van der Waals surface area contributed by atoms with E-state index in [2.05, 4.69) is 5.32 Å². The second kappa shape index (κ2) is 7.17. The fourth-order valence-corrected chi connectivity index (χ4v) is 3.05. The number of carbonyl (C=O) groups excluding carboxylic acids is 1. The molecule has 0 aliphatic rings. The molecule has 0 saturated heterocycles. The minimum atomic E-state index is -0.610. The van der Waals surface area contributed by atoms with Gasteiger partial charge in [0, 0.05) is 6.04 Å². The molecule has 0 radical (unpaired) electrons. The number of nitrogens with one attached hydrogen (secondary N) is 1. The Kier molecular flexibility index (Phi) is 4.95. The highest BCUT2D eigenvalue weighted by molar-refractivity contribution is 6.32. The van der Waals surface area contributed by atoms with Crippen molar-refractivity contribution in [1.82, 2.24) is 14.5 Å². The van der Waals surface area contributed by atoms with Crippen LogP contribution in [0, 0.1) is 0 Å². The lowest BCUT2D eigenvalue weighted by Crippen LogP contribution is -2.42. The highest BCUT2D eigenvalue weighted by Gasteiger charge is 2.17. The van der Waals surface area contributed by atoms with Crippen LogP contribution in [-0.2, 0) is 11.3 Å². The molecule has 1 N–H and O–H groups in total. The van der Waals surface area contributed by atoms with E-state index in [0.29, 0.717) is 10.9 Å². The maximum atomic E-state index is 13.1. The normalized spacial score (nSPS) is 11.1. The van der Waals surface area contributed by atoms with Crippen LogP contribution in [0.5, 0.6) is 0 Å². The van der Waals surface area contributed by atoms with Crippen LogP contribution in [-0.4, -0.2) is 21.1 Å². The first kappa shape index (κ1) is 17.9. The number of para-hydroxylation sites is 2. The first-order chi connectivity index (χ1) is 12.4. The Morgan fingerprint density at radius 1 is 1.08 bits per heavy atom. The fourth-order valence-electron chi connectivity index (χ4n) is 2.83. The molecular formula is C19H18ClN3O3. The van der Waals surface area contributed by atoms with Gasteiger partial charge >= 0.3 is 5.69 Å². The summed E-state index contributed by atoms with van der Waals surface area (Å²) in [6, 6.07) is 13.3. The first-order valence-electron chi connectivity index (χ1n) is 8.19. The van der Waals surface area contributed by atoms with Gasteiger partial charge in [-0.3, -0.25) is 14.2 Å². The molecule has 6 nitrogen and oxygen atoms in total. The summed E-state index contributed by atoms with van der Waals surface area (Å²) in [6.07, 6.45) is 0. The summed E-state index contributed by atoms with van der Waals surface area (Å²) in [5, 5.41) is 3.37. The van der Waals surface area contributed by atoms with E-state index in [1.807, 2.05) is 13.8 Å². The van der Waals surface area contributed by atoms with E-state index in [9.17, 15) is 14.4 Å². The number of nitrogens with zero attached hydrogens (tertiary/aromatic N) is 2. The van der Waals surface area contributed by atoms with Crippen molar-refractivity contribution in [3.05, 3.63) is 74.4 Å². The van der Waals surface area contributed by atoms with Crippen LogP contribution in [0.15, 0.2) is 58.1 Å². The van der Waals surface area contributed by atoms with Crippen molar-refractivity contribution in [3.8, 4) is 5.69 Å². The van der Waals surface area contributed by atoms with Crippen LogP contribution < -0.4 is 16.6 Å². The zero-order valence-corrected chi connectivity index (χ0v) is 15.2. The number of hydrogen-bond donors (Lipinski definition) is 1. The molecule has 1 aromatic heterocycles. The Hall–Kier alpha value is -2.86. The van der Waals surface area contributed by atoms with Gasteiger partial charge in [0.2, 0.25) is 5.91 Å². The SMILES string of the molecule is CC(C)NC(=O)Cn1c(=O)n(-c2ccccc2Cl)c(=O)c2ccccc21. The molecular weight excluding hydrogens is 354 g/mol. The number of fused-ring (bicyclic) bond motifs is 1.